The number of nitrogens with one attached hydrogen (secondary N) is 1. The standard InChI is InChI=1S/C10H17NO4/c1-3-6-4-7(9(12)11-15-2)8(5-6)10(13)14/h6-8H,3-5H2,1-2H3,(H,11,12)(H,13,14). The number of hydrogen-bond donors (Lipinski definition) is 2. The van der Waals surface area contributed by atoms with Gasteiger partial charge in [-0.25, -0.2) is 5.48 Å². The van der Waals surface area contributed by atoms with Crippen LogP contribution < -0.4 is 5.48 Å². The Labute approximate surface area is 88.8 Å². The quantitative estimate of drug-likeness (QED) is 0.680. The highest BCUT2D eigenvalue weighted by atomic mass is 16.6. The Morgan fingerprint density at radius 1 is 1.40 bits per heavy atom. The maximum absolute atomic E-state index is 11.5. The first-order valence-electron chi connectivity index (χ1n) is 5.15. The van der Waals surface area contributed by atoms with Gasteiger partial charge < -0.3 is 5.11 Å². The second-order valence-corrected chi connectivity index (χ2v) is 3.97. The molecule has 0 aromatic rings. The van der Waals surface area contributed by atoms with Crippen LogP contribution in [0.3, 0.4) is 0 Å². The third-order valence-corrected chi connectivity index (χ3v) is 3.09. The molecule has 2 N–H and O–H groups in total. The van der Waals surface area contributed by atoms with Crippen molar-refractivity contribution in [3.05, 3.63) is 0 Å². The van der Waals surface area contributed by atoms with E-state index in [2.05, 4.69) is 10.3 Å². The summed E-state index contributed by atoms with van der Waals surface area (Å²) in [6.07, 6.45) is 2.15. The molecule has 0 heterocycles. The van der Waals surface area contributed by atoms with E-state index >= 15 is 0 Å². The van der Waals surface area contributed by atoms with Crippen molar-refractivity contribution >= 4 is 11.9 Å². The third kappa shape index (κ3) is 2.68. The Hall–Kier alpha value is -1.10. The summed E-state index contributed by atoms with van der Waals surface area (Å²) in [7, 11) is 1.35. The van der Waals surface area contributed by atoms with Crippen molar-refractivity contribution in [1.82, 2.24) is 5.48 Å². The van der Waals surface area contributed by atoms with E-state index in [0.29, 0.717) is 18.8 Å². The number of aliphatic carboxylic acids is 1. The number of carbonyl (C=O) groups is 2. The Morgan fingerprint density at radius 3 is 2.47 bits per heavy atom. The molecule has 1 amide bonds. The normalized spacial score (nSPS) is 30.1. The number of rotatable bonds is 4. The van der Waals surface area contributed by atoms with Crippen LogP contribution in [0, 0.1) is 17.8 Å². The smallest absolute Gasteiger partial charge is 0.307 e. The zero-order valence-corrected chi connectivity index (χ0v) is 9.03. The van der Waals surface area contributed by atoms with Crippen molar-refractivity contribution in [2.24, 2.45) is 17.8 Å². The molecule has 5 heteroatoms. The molecule has 0 aromatic heterocycles. The summed E-state index contributed by atoms with van der Waals surface area (Å²) in [5.41, 5.74) is 2.21. The Morgan fingerprint density at radius 2 is 2.00 bits per heavy atom. The predicted octanol–water partition coefficient (Wildman–Crippen LogP) is 0.801. The molecular formula is C10H17NO4. The van der Waals surface area contributed by atoms with Gasteiger partial charge in [-0.3, -0.25) is 14.4 Å². The van der Waals surface area contributed by atoms with Crippen molar-refractivity contribution in [3.63, 3.8) is 0 Å². The highest BCUT2D eigenvalue weighted by molar-refractivity contribution is 5.84. The Kier molecular flexibility index (Phi) is 4.08. The predicted molar refractivity (Wildman–Crippen MR) is 52.8 cm³/mol. The molecule has 1 saturated carbocycles. The fraction of sp³-hybridized carbons (Fsp3) is 0.800. The molecule has 0 spiro atoms. The van der Waals surface area contributed by atoms with Gasteiger partial charge in [0.2, 0.25) is 5.91 Å². The van der Waals surface area contributed by atoms with E-state index in [4.69, 9.17) is 5.11 Å². The SMILES string of the molecule is CCC1CC(C(=O)O)C(C(=O)NOC)C1. The van der Waals surface area contributed by atoms with Gasteiger partial charge in [-0.05, 0) is 18.8 Å². The lowest BCUT2D eigenvalue weighted by Crippen LogP contribution is -2.34. The largest absolute Gasteiger partial charge is 0.481 e. The van der Waals surface area contributed by atoms with Crippen LogP contribution in [0.1, 0.15) is 26.2 Å². The molecule has 1 fully saturated rings. The number of hydrogen-bond acceptors (Lipinski definition) is 3. The van der Waals surface area contributed by atoms with Gasteiger partial charge in [0.1, 0.15) is 0 Å². The van der Waals surface area contributed by atoms with Crippen LogP contribution in [0.4, 0.5) is 0 Å². The molecular weight excluding hydrogens is 198 g/mol. The second-order valence-electron chi connectivity index (χ2n) is 3.97. The summed E-state index contributed by atoms with van der Waals surface area (Å²) in [5, 5.41) is 8.99. The molecule has 0 radical (unpaired) electrons. The fourth-order valence-electron chi connectivity index (χ4n) is 2.22. The first-order valence-corrected chi connectivity index (χ1v) is 5.15. The zero-order chi connectivity index (χ0) is 11.4. The van der Waals surface area contributed by atoms with Gasteiger partial charge in [-0.1, -0.05) is 13.3 Å². The molecule has 3 atom stereocenters. The van der Waals surface area contributed by atoms with E-state index in [1.807, 2.05) is 6.92 Å². The summed E-state index contributed by atoms with van der Waals surface area (Å²) in [6.45, 7) is 2.01. The minimum absolute atomic E-state index is 0.319. The van der Waals surface area contributed by atoms with Gasteiger partial charge in [0.05, 0.1) is 18.9 Å². The summed E-state index contributed by atoms with van der Waals surface area (Å²) in [6, 6.07) is 0. The highest BCUT2D eigenvalue weighted by Gasteiger charge is 2.42. The van der Waals surface area contributed by atoms with Crippen LogP contribution in [0.5, 0.6) is 0 Å². The molecule has 1 aliphatic rings. The topological polar surface area (TPSA) is 75.6 Å². The molecule has 1 rings (SSSR count). The number of hydroxylamine groups is 1. The first-order chi connectivity index (χ1) is 7.10. The molecule has 15 heavy (non-hydrogen) atoms. The molecule has 0 aliphatic heterocycles. The molecule has 86 valence electrons. The Bertz CT molecular complexity index is 254. The average Bonchev–Trinajstić information content (AvgIpc) is 2.61. The maximum Gasteiger partial charge on any atom is 0.307 e. The lowest BCUT2D eigenvalue weighted by atomic mass is 9.96. The number of carboxylic acids is 1. The number of carboxylic acid groups (broad SMARTS) is 1. The van der Waals surface area contributed by atoms with Gasteiger partial charge in [0.25, 0.3) is 0 Å². The minimum atomic E-state index is -0.887. The van der Waals surface area contributed by atoms with E-state index in [9.17, 15) is 9.59 Å². The minimum Gasteiger partial charge on any atom is -0.481 e. The average molecular weight is 215 g/mol. The Balaban J connectivity index is 2.68. The van der Waals surface area contributed by atoms with E-state index in [0.717, 1.165) is 6.42 Å². The van der Waals surface area contributed by atoms with Crippen molar-refractivity contribution < 1.29 is 19.5 Å². The van der Waals surface area contributed by atoms with Crippen molar-refractivity contribution in [2.75, 3.05) is 7.11 Å². The highest BCUT2D eigenvalue weighted by Crippen LogP contribution is 2.38. The molecule has 0 bridgehead atoms. The van der Waals surface area contributed by atoms with Gasteiger partial charge in [-0.15, -0.1) is 0 Å². The van der Waals surface area contributed by atoms with Crippen LogP contribution in [0.25, 0.3) is 0 Å². The van der Waals surface area contributed by atoms with Crippen LogP contribution in [0.15, 0.2) is 0 Å². The fourth-order valence-corrected chi connectivity index (χ4v) is 2.22. The number of carbonyl (C=O) groups excluding carboxylic acids is 1. The summed E-state index contributed by atoms with van der Waals surface area (Å²) < 4.78 is 0. The van der Waals surface area contributed by atoms with Gasteiger partial charge >= 0.3 is 5.97 Å². The van der Waals surface area contributed by atoms with E-state index in [1.165, 1.54) is 7.11 Å². The third-order valence-electron chi connectivity index (χ3n) is 3.09. The van der Waals surface area contributed by atoms with Gasteiger partial charge in [-0.2, -0.15) is 0 Å². The summed E-state index contributed by atoms with van der Waals surface area (Å²) >= 11 is 0. The van der Waals surface area contributed by atoms with Crippen LogP contribution in [0.2, 0.25) is 0 Å². The molecule has 3 unspecified atom stereocenters. The van der Waals surface area contributed by atoms with Crippen LogP contribution in [-0.4, -0.2) is 24.1 Å². The van der Waals surface area contributed by atoms with Gasteiger partial charge in [0.15, 0.2) is 0 Å². The molecule has 1 aliphatic carbocycles. The van der Waals surface area contributed by atoms with Crippen LogP contribution >= 0.6 is 0 Å². The van der Waals surface area contributed by atoms with E-state index in [1.54, 1.807) is 0 Å². The number of amides is 1. The van der Waals surface area contributed by atoms with Gasteiger partial charge in [0, 0.05) is 0 Å². The summed E-state index contributed by atoms with van der Waals surface area (Å²) in [4.78, 5) is 27.0. The summed E-state index contributed by atoms with van der Waals surface area (Å²) in [5.74, 6) is -1.89. The van der Waals surface area contributed by atoms with Crippen molar-refractivity contribution in [3.8, 4) is 0 Å². The van der Waals surface area contributed by atoms with Crippen molar-refractivity contribution in [2.45, 2.75) is 26.2 Å². The monoisotopic (exact) mass is 215 g/mol. The molecule has 0 aromatic carbocycles. The van der Waals surface area contributed by atoms with E-state index < -0.39 is 17.8 Å². The van der Waals surface area contributed by atoms with Crippen LogP contribution in [-0.2, 0) is 14.4 Å². The zero-order valence-electron chi connectivity index (χ0n) is 9.03. The second kappa shape index (κ2) is 5.11. The lowest BCUT2D eigenvalue weighted by molar-refractivity contribution is -0.148. The first kappa shape index (κ1) is 12.0. The molecule has 0 saturated heterocycles. The lowest BCUT2D eigenvalue weighted by Gasteiger charge is -2.13. The maximum atomic E-state index is 11.5. The van der Waals surface area contributed by atoms with E-state index in [-0.39, 0.29) is 5.91 Å². The van der Waals surface area contributed by atoms with Crippen molar-refractivity contribution in [1.29, 1.82) is 0 Å². The molecule has 5 nitrogen and oxygen atoms in total.